The second-order valence-electron chi connectivity index (χ2n) is 2.75. The third kappa shape index (κ3) is 1.42. The Morgan fingerprint density at radius 2 is 2.15 bits per heavy atom. The van der Waals surface area contributed by atoms with Crippen LogP contribution in [0.4, 0.5) is 0 Å². The van der Waals surface area contributed by atoms with Gasteiger partial charge in [0.05, 0.1) is 5.56 Å². The summed E-state index contributed by atoms with van der Waals surface area (Å²) in [6.07, 6.45) is 0. The molecule has 0 saturated heterocycles. The lowest BCUT2D eigenvalue weighted by molar-refractivity contribution is 0.502. The molecule has 0 atom stereocenters. The Labute approximate surface area is 79.6 Å². The molecule has 68 valence electrons. The van der Waals surface area contributed by atoms with Crippen LogP contribution in [-0.4, -0.2) is 10.2 Å². The highest BCUT2D eigenvalue weighted by atomic mass is 32.1. The quantitative estimate of drug-likeness (QED) is 0.712. The molecule has 5 heteroatoms. The van der Waals surface area contributed by atoms with Gasteiger partial charge in [-0.25, -0.2) is 5.10 Å². The number of hydrogen-bond donors (Lipinski definition) is 1. The fourth-order valence-electron chi connectivity index (χ4n) is 1.19. The first-order chi connectivity index (χ1) is 6.16. The monoisotopic (exact) mass is 196 g/mol. The molecule has 0 radical (unpaired) electrons. The highest BCUT2D eigenvalue weighted by Crippen LogP contribution is 2.24. The van der Waals surface area contributed by atoms with E-state index in [9.17, 15) is 0 Å². The van der Waals surface area contributed by atoms with Gasteiger partial charge in [-0.05, 0) is 32.1 Å². The molecule has 1 N–H and O–H groups in total. The van der Waals surface area contributed by atoms with Crippen LogP contribution in [0.2, 0.25) is 0 Å². The first-order valence-electron chi connectivity index (χ1n) is 3.80. The molecule has 2 rings (SSSR count). The average molecular weight is 196 g/mol. The summed E-state index contributed by atoms with van der Waals surface area (Å²) in [5.74, 6) is 2.08. The van der Waals surface area contributed by atoms with Crippen molar-refractivity contribution in [2.45, 2.75) is 13.8 Å². The predicted octanol–water partition coefficient (Wildman–Crippen LogP) is 2.61. The Kier molecular flexibility index (Phi) is 1.81. The van der Waals surface area contributed by atoms with Crippen molar-refractivity contribution in [3.8, 4) is 11.5 Å². The van der Waals surface area contributed by atoms with E-state index in [2.05, 4.69) is 10.2 Å². The number of aryl methyl sites for hydroxylation is 2. The molecule has 0 saturated carbocycles. The Balaban J connectivity index is 2.57. The molecule has 0 aliphatic carbocycles. The van der Waals surface area contributed by atoms with E-state index in [-0.39, 0.29) is 4.84 Å². The van der Waals surface area contributed by atoms with Gasteiger partial charge in [0.25, 0.3) is 4.84 Å². The van der Waals surface area contributed by atoms with E-state index in [1.54, 1.807) is 0 Å². The Hall–Kier alpha value is -1.36. The number of furan rings is 1. The maximum Gasteiger partial charge on any atom is 0.284 e. The molecule has 4 nitrogen and oxygen atoms in total. The smallest absolute Gasteiger partial charge is 0.284 e. The minimum Gasteiger partial charge on any atom is -0.466 e. The zero-order valence-electron chi connectivity index (χ0n) is 7.25. The van der Waals surface area contributed by atoms with Crippen molar-refractivity contribution >= 4 is 12.2 Å². The van der Waals surface area contributed by atoms with Crippen molar-refractivity contribution in [1.29, 1.82) is 0 Å². The van der Waals surface area contributed by atoms with Gasteiger partial charge in [-0.2, -0.15) is 0 Å². The molecule has 0 aliphatic heterocycles. The van der Waals surface area contributed by atoms with Gasteiger partial charge in [0, 0.05) is 0 Å². The van der Waals surface area contributed by atoms with Gasteiger partial charge < -0.3 is 8.83 Å². The van der Waals surface area contributed by atoms with Gasteiger partial charge >= 0.3 is 0 Å². The van der Waals surface area contributed by atoms with Crippen molar-refractivity contribution in [3.05, 3.63) is 22.4 Å². The summed E-state index contributed by atoms with van der Waals surface area (Å²) in [7, 11) is 0. The van der Waals surface area contributed by atoms with Crippen LogP contribution < -0.4 is 0 Å². The molecule has 0 aliphatic rings. The molecule has 13 heavy (non-hydrogen) atoms. The minimum atomic E-state index is 0.272. The van der Waals surface area contributed by atoms with Crippen LogP contribution in [0.1, 0.15) is 11.5 Å². The van der Waals surface area contributed by atoms with Crippen molar-refractivity contribution in [2.24, 2.45) is 0 Å². The maximum atomic E-state index is 5.33. The molecule has 0 bridgehead atoms. The van der Waals surface area contributed by atoms with Crippen molar-refractivity contribution in [1.82, 2.24) is 10.2 Å². The number of hydrogen-bond acceptors (Lipinski definition) is 4. The summed E-state index contributed by atoms with van der Waals surface area (Å²) in [4.78, 5) is 0.272. The van der Waals surface area contributed by atoms with E-state index in [0.29, 0.717) is 5.89 Å². The van der Waals surface area contributed by atoms with Gasteiger partial charge in [-0.3, -0.25) is 0 Å². The molecular weight excluding hydrogens is 188 g/mol. The number of H-pyrrole nitrogens is 1. The first kappa shape index (κ1) is 8.25. The standard InChI is InChI=1S/C8H8N2O2S/c1-4-3-6(5(2)11-4)7-9-10-8(13)12-7/h3H,1-2H3,(H,10,13). The summed E-state index contributed by atoms with van der Waals surface area (Å²) < 4.78 is 10.5. The van der Waals surface area contributed by atoms with Gasteiger partial charge in [0.2, 0.25) is 5.89 Å². The van der Waals surface area contributed by atoms with E-state index in [0.717, 1.165) is 17.1 Å². The minimum absolute atomic E-state index is 0.272. The summed E-state index contributed by atoms with van der Waals surface area (Å²) in [5.41, 5.74) is 0.838. The normalized spacial score (nSPS) is 10.6. The van der Waals surface area contributed by atoms with Crippen molar-refractivity contribution < 1.29 is 8.83 Å². The average Bonchev–Trinajstić information content (AvgIpc) is 2.58. The van der Waals surface area contributed by atoms with Gasteiger partial charge in [0.1, 0.15) is 11.5 Å². The SMILES string of the molecule is Cc1cc(-c2n[nH]c(=S)o2)c(C)o1. The lowest BCUT2D eigenvalue weighted by Gasteiger charge is -1.87. The molecule has 0 amide bonds. The fourth-order valence-corrected chi connectivity index (χ4v) is 1.31. The number of rotatable bonds is 1. The molecule has 0 fully saturated rings. The molecule has 2 aromatic rings. The topological polar surface area (TPSA) is 55.0 Å². The van der Waals surface area contributed by atoms with E-state index in [1.165, 1.54) is 0 Å². The summed E-state index contributed by atoms with van der Waals surface area (Å²) in [5, 5.41) is 6.46. The lowest BCUT2D eigenvalue weighted by Crippen LogP contribution is -1.76. The van der Waals surface area contributed by atoms with Crippen LogP contribution in [-0.2, 0) is 0 Å². The third-order valence-corrected chi connectivity index (χ3v) is 1.88. The fraction of sp³-hybridized carbons (Fsp3) is 0.250. The van der Waals surface area contributed by atoms with Gasteiger partial charge in [-0.15, -0.1) is 5.10 Å². The van der Waals surface area contributed by atoms with Crippen LogP contribution in [0.5, 0.6) is 0 Å². The Bertz CT molecular complexity index is 480. The van der Waals surface area contributed by atoms with Crippen LogP contribution in [0, 0.1) is 18.7 Å². The molecule has 0 unspecified atom stereocenters. The van der Waals surface area contributed by atoms with Crippen molar-refractivity contribution in [3.63, 3.8) is 0 Å². The van der Waals surface area contributed by atoms with Crippen molar-refractivity contribution in [2.75, 3.05) is 0 Å². The molecule has 0 aromatic carbocycles. The van der Waals surface area contributed by atoms with E-state index in [4.69, 9.17) is 21.1 Å². The first-order valence-corrected chi connectivity index (χ1v) is 4.20. The zero-order valence-corrected chi connectivity index (χ0v) is 8.07. The molecule has 0 spiro atoms. The van der Waals surface area contributed by atoms with E-state index in [1.807, 2.05) is 19.9 Å². The number of nitrogens with one attached hydrogen (secondary N) is 1. The second kappa shape index (κ2) is 2.85. The highest BCUT2D eigenvalue weighted by molar-refractivity contribution is 7.71. The van der Waals surface area contributed by atoms with Crippen LogP contribution in [0.25, 0.3) is 11.5 Å². The maximum absolute atomic E-state index is 5.33. The molecule has 2 heterocycles. The van der Waals surface area contributed by atoms with Gasteiger partial charge in [0.15, 0.2) is 0 Å². The van der Waals surface area contributed by atoms with Crippen LogP contribution >= 0.6 is 12.2 Å². The number of nitrogens with zero attached hydrogens (tertiary/aromatic N) is 1. The van der Waals surface area contributed by atoms with Crippen LogP contribution in [0.3, 0.4) is 0 Å². The summed E-state index contributed by atoms with van der Waals surface area (Å²) in [6.45, 7) is 3.73. The zero-order chi connectivity index (χ0) is 9.42. The van der Waals surface area contributed by atoms with Gasteiger partial charge in [-0.1, -0.05) is 0 Å². The summed E-state index contributed by atoms with van der Waals surface area (Å²) in [6, 6.07) is 1.86. The third-order valence-electron chi connectivity index (χ3n) is 1.71. The van der Waals surface area contributed by atoms with Crippen LogP contribution in [0.15, 0.2) is 14.9 Å². The Morgan fingerprint density at radius 1 is 1.38 bits per heavy atom. The highest BCUT2D eigenvalue weighted by Gasteiger charge is 2.11. The molecular formula is C8H8N2O2S. The lowest BCUT2D eigenvalue weighted by atomic mass is 10.2. The summed E-state index contributed by atoms with van der Waals surface area (Å²) >= 11 is 4.77. The number of aromatic nitrogens is 2. The molecule has 2 aromatic heterocycles. The number of aromatic amines is 1. The largest absolute Gasteiger partial charge is 0.466 e. The second-order valence-corrected chi connectivity index (χ2v) is 3.12. The van der Waals surface area contributed by atoms with E-state index >= 15 is 0 Å². The predicted molar refractivity (Wildman–Crippen MR) is 48.9 cm³/mol. The Morgan fingerprint density at radius 3 is 2.62 bits per heavy atom. The van der Waals surface area contributed by atoms with E-state index < -0.39 is 0 Å².